The van der Waals surface area contributed by atoms with E-state index >= 15 is 0 Å². The van der Waals surface area contributed by atoms with Gasteiger partial charge >= 0.3 is 0 Å². The van der Waals surface area contributed by atoms with Crippen molar-refractivity contribution in [2.24, 2.45) is 0 Å². The fourth-order valence-electron chi connectivity index (χ4n) is 2.18. The van der Waals surface area contributed by atoms with Crippen LogP contribution in [0.15, 0.2) is 29.6 Å². The number of fused-ring (bicyclic) bond motifs is 1. The van der Waals surface area contributed by atoms with Gasteiger partial charge in [0.05, 0.1) is 5.69 Å². The van der Waals surface area contributed by atoms with Crippen LogP contribution in [0.5, 0.6) is 0 Å². The zero-order valence-electron chi connectivity index (χ0n) is 10.8. The molecule has 2 heterocycles. The van der Waals surface area contributed by atoms with Gasteiger partial charge in [-0.15, -0.1) is 11.3 Å². The molecule has 4 nitrogen and oxygen atoms in total. The molecule has 5 heteroatoms. The summed E-state index contributed by atoms with van der Waals surface area (Å²) >= 11 is 1.48. The first-order valence-electron chi connectivity index (χ1n) is 6.05. The number of nitriles is 1. The van der Waals surface area contributed by atoms with Crippen LogP contribution in [-0.4, -0.2) is 4.98 Å². The Kier molecular flexibility index (Phi) is 2.81. The number of hydrogen-bond acceptors (Lipinski definition) is 5. The van der Waals surface area contributed by atoms with Gasteiger partial charge in [-0.3, -0.25) is 0 Å². The molecule has 0 saturated heterocycles. The Hall–Kier alpha value is -2.58. The molecule has 0 saturated carbocycles. The van der Waals surface area contributed by atoms with Gasteiger partial charge < -0.3 is 11.5 Å². The summed E-state index contributed by atoms with van der Waals surface area (Å²) in [4.78, 5) is 5.02. The Morgan fingerprint density at radius 1 is 1.20 bits per heavy atom. The second-order valence-corrected chi connectivity index (χ2v) is 5.45. The largest absolute Gasteiger partial charge is 0.397 e. The zero-order valence-corrected chi connectivity index (χ0v) is 11.7. The monoisotopic (exact) mass is 280 g/mol. The van der Waals surface area contributed by atoms with E-state index in [1.807, 2.05) is 42.6 Å². The van der Waals surface area contributed by atoms with Crippen LogP contribution in [0.25, 0.3) is 21.3 Å². The van der Waals surface area contributed by atoms with Gasteiger partial charge in [0.25, 0.3) is 0 Å². The maximum atomic E-state index is 9.15. The van der Waals surface area contributed by atoms with Gasteiger partial charge in [-0.2, -0.15) is 5.26 Å². The number of benzene rings is 1. The molecule has 0 bridgehead atoms. The Morgan fingerprint density at radius 3 is 2.55 bits per heavy atom. The van der Waals surface area contributed by atoms with E-state index < -0.39 is 0 Å². The van der Waals surface area contributed by atoms with Crippen LogP contribution < -0.4 is 11.5 Å². The average molecular weight is 280 g/mol. The summed E-state index contributed by atoms with van der Waals surface area (Å²) in [6.07, 6.45) is 0. The van der Waals surface area contributed by atoms with Gasteiger partial charge in [0.2, 0.25) is 0 Å². The normalized spacial score (nSPS) is 10.6. The number of aromatic nitrogens is 1. The second-order valence-electron chi connectivity index (χ2n) is 4.59. The standard InChI is InChI=1S/C15H12N4S/c1-8-2-4-9(5-3-8)11-7-20-15-12(11)13(17)10(6-16)14(18)19-15/h2-5,7H,1H3,(H4,17,18,19). The average Bonchev–Trinajstić information content (AvgIpc) is 2.84. The van der Waals surface area contributed by atoms with Crippen LogP contribution in [0.3, 0.4) is 0 Å². The fourth-order valence-corrected chi connectivity index (χ4v) is 3.15. The van der Waals surface area contributed by atoms with Gasteiger partial charge in [0.15, 0.2) is 0 Å². The number of aryl methyl sites for hydroxylation is 1. The van der Waals surface area contributed by atoms with Gasteiger partial charge in [-0.1, -0.05) is 29.8 Å². The van der Waals surface area contributed by atoms with Crippen molar-refractivity contribution in [3.05, 3.63) is 40.8 Å². The molecule has 98 valence electrons. The van der Waals surface area contributed by atoms with Gasteiger partial charge in [-0.25, -0.2) is 4.98 Å². The van der Waals surface area contributed by atoms with E-state index in [2.05, 4.69) is 4.98 Å². The van der Waals surface area contributed by atoms with E-state index in [4.69, 9.17) is 16.7 Å². The molecule has 0 atom stereocenters. The molecular formula is C15H12N4S. The zero-order chi connectivity index (χ0) is 14.3. The molecule has 0 aliphatic carbocycles. The minimum atomic E-state index is 0.190. The van der Waals surface area contributed by atoms with Crippen molar-refractivity contribution in [1.29, 1.82) is 5.26 Å². The van der Waals surface area contributed by atoms with E-state index in [1.54, 1.807) is 0 Å². The van der Waals surface area contributed by atoms with Gasteiger partial charge in [0.1, 0.15) is 22.3 Å². The highest BCUT2D eigenvalue weighted by atomic mass is 32.1. The van der Waals surface area contributed by atoms with E-state index in [-0.39, 0.29) is 11.4 Å². The first kappa shape index (κ1) is 12.5. The molecule has 0 radical (unpaired) electrons. The van der Waals surface area contributed by atoms with Crippen LogP contribution >= 0.6 is 11.3 Å². The Balaban J connectivity index is 2.33. The highest BCUT2D eigenvalue weighted by molar-refractivity contribution is 7.17. The van der Waals surface area contributed by atoms with Crippen molar-refractivity contribution in [2.75, 3.05) is 11.5 Å². The molecule has 0 aliphatic rings. The summed E-state index contributed by atoms with van der Waals surface area (Å²) in [6, 6.07) is 10.2. The predicted molar refractivity (Wildman–Crippen MR) is 83.3 cm³/mol. The molecule has 2 aromatic heterocycles. The molecule has 0 aliphatic heterocycles. The lowest BCUT2D eigenvalue weighted by Crippen LogP contribution is -2.00. The van der Waals surface area contributed by atoms with Crippen LogP contribution in [0.2, 0.25) is 0 Å². The molecule has 3 rings (SSSR count). The summed E-state index contributed by atoms with van der Waals surface area (Å²) in [5.41, 5.74) is 15.8. The maximum Gasteiger partial charge on any atom is 0.145 e. The molecule has 0 amide bonds. The van der Waals surface area contributed by atoms with Crippen LogP contribution in [0.4, 0.5) is 11.5 Å². The van der Waals surface area contributed by atoms with Crippen LogP contribution in [0, 0.1) is 18.3 Å². The van der Waals surface area contributed by atoms with Crippen molar-refractivity contribution in [2.45, 2.75) is 6.92 Å². The first-order valence-corrected chi connectivity index (χ1v) is 6.93. The van der Waals surface area contributed by atoms with Crippen molar-refractivity contribution in [3.8, 4) is 17.2 Å². The number of nitrogens with two attached hydrogens (primary N) is 2. The summed E-state index contributed by atoms with van der Waals surface area (Å²) in [6.45, 7) is 2.04. The number of thiophene rings is 1. The number of rotatable bonds is 1. The Bertz CT molecular complexity index is 841. The summed E-state index contributed by atoms with van der Waals surface area (Å²) in [5.74, 6) is 0.190. The van der Waals surface area contributed by atoms with E-state index in [0.717, 1.165) is 21.3 Å². The first-order chi connectivity index (χ1) is 9.61. The molecule has 20 heavy (non-hydrogen) atoms. The lowest BCUT2D eigenvalue weighted by Gasteiger charge is -2.06. The number of pyridine rings is 1. The molecule has 0 unspecified atom stereocenters. The summed E-state index contributed by atoms with van der Waals surface area (Å²) in [7, 11) is 0. The van der Waals surface area contributed by atoms with E-state index in [0.29, 0.717) is 5.69 Å². The molecule has 3 aromatic rings. The lowest BCUT2D eigenvalue weighted by molar-refractivity contribution is 1.40. The SMILES string of the molecule is Cc1ccc(-c2csc3nc(N)c(C#N)c(N)c23)cc1. The lowest BCUT2D eigenvalue weighted by atomic mass is 10.0. The third kappa shape index (κ3) is 1.78. The quantitative estimate of drug-likeness (QED) is 0.715. The van der Waals surface area contributed by atoms with E-state index in [9.17, 15) is 0 Å². The van der Waals surface area contributed by atoms with Gasteiger partial charge in [-0.05, 0) is 12.5 Å². The molecule has 1 aromatic carbocycles. The molecule has 0 spiro atoms. The third-order valence-electron chi connectivity index (χ3n) is 3.26. The highest BCUT2D eigenvalue weighted by Crippen LogP contribution is 2.39. The van der Waals surface area contributed by atoms with Crippen molar-refractivity contribution >= 4 is 33.1 Å². The summed E-state index contributed by atoms with van der Waals surface area (Å²) in [5, 5.41) is 12.0. The van der Waals surface area contributed by atoms with E-state index in [1.165, 1.54) is 16.9 Å². The third-order valence-corrected chi connectivity index (χ3v) is 4.14. The highest BCUT2D eigenvalue weighted by Gasteiger charge is 2.16. The number of hydrogen-bond donors (Lipinski definition) is 2. The topological polar surface area (TPSA) is 88.7 Å². The van der Waals surface area contributed by atoms with Crippen molar-refractivity contribution < 1.29 is 0 Å². The Labute approximate surface area is 120 Å². The minimum absolute atomic E-state index is 0.190. The molecular weight excluding hydrogens is 268 g/mol. The van der Waals surface area contributed by atoms with Crippen LogP contribution in [-0.2, 0) is 0 Å². The fraction of sp³-hybridized carbons (Fsp3) is 0.0667. The maximum absolute atomic E-state index is 9.15. The van der Waals surface area contributed by atoms with Crippen LogP contribution in [0.1, 0.15) is 11.1 Å². The minimum Gasteiger partial charge on any atom is -0.397 e. The smallest absolute Gasteiger partial charge is 0.145 e. The Morgan fingerprint density at radius 2 is 1.90 bits per heavy atom. The van der Waals surface area contributed by atoms with Crippen molar-refractivity contribution in [3.63, 3.8) is 0 Å². The number of nitrogen functional groups attached to an aromatic ring is 2. The molecule has 0 fully saturated rings. The predicted octanol–water partition coefficient (Wildman–Crippen LogP) is 3.31. The number of anilines is 2. The van der Waals surface area contributed by atoms with Crippen molar-refractivity contribution in [1.82, 2.24) is 4.98 Å². The molecule has 4 N–H and O–H groups in total. The number of nitrogens with zero attached hydrogens (tertiary/aromatic N) is 2. The van der Waals surface area contributed by atoms with Gasteiger partial charge in [0, 0.05) is 16.3 Å². The second kappa shape index (κ2) is 4.51. The summed E-state index contributed by atoms with van der Waals surface area (Å²) < 4.78 is 0.